The molecule has 3 aromatic rings. The summed E-state index contributed by atoms with van der Waals surface area (Å²) >= 11 is 0. The summed E-state index contributed by atoms with van der Waals surface area (Å²) in [6.07, 6.45) is 1.02. The van der Waals surface area contributed by atoms with Crippen molar-refractivity contribution in [2.75, 3.05) is 25.6 Å². The van der Waals surface area contributed by atoms with Crippen LogP contribution in [0.4, 0.5) is 10.3 Å². The molecule has 1 aliphatic rings. The van der Waals surface area contributed by atoms with Crippen LogP contribution in [0.5, 0.6) is 0 Å². The number of aliphatic hydroxyl groups is 1. The van der Waals surface area contributed by atoms with Gasteiger partial charge in [0.25, 0.3) is 0 Å². The molecule has 2 aromatic heterocycles. The molecule has 2 atom stereocenters. The Hall–Kier alpha value is -3.17. The predicted octanol–water partition coefficient (Wildman–Crippen LogP) is 3.30. The highest BCUT2D eigenvalue weighted by atomic mass is 19.1. The van der Waals surface area contributed by atoms with Gasteiger partial charge in [-0.3, -0.25) is 0 Å². The molecule has 1 fully saturated rings. The minimum atomic E-state index is -0.690. The lowest BCUT2D eigenvalue weighted by Gasteiger charge is -2.28. The first kappa shape index (κ1) is 22.0. The Morgan fingerprint density at radius 3 is 2.84 bits per heavy atom. The van der Waals surface area contributed by atoms with Crippen molar-refractivity contribution in [3.8, 4) is 11.3 Å². The van der Waals surface area contributed by atoms with Gasteiger partial charge in [-0.1, -0.05) is 19.9 Å². The van der Waals surface area contributed by atoms with Crippen molar-refractivity contribution in [1.29, 1.82) is 0 Å². The van der Waals surface area contributed by atoms with Crippen LogP contribution in [0.3, 0.4) is 0 Å². The van der Waals surface area contributed by atoms with Crippen molar-refractivity contribution < 1.29 is 23.8 Å². The number of fused-ring (bicyclic) bond motifs is 1. The number of pyridine rings is 1. The second-order valence-electron chi connectivity index (χ2n) is 8.05. The normalized spacial score (nSPS) is 18.7. The van der Waals surface area contributed by atoms with Gasteiger partial charge < -0.3 is 19.9 Å². The quantitative estimate of drug-likeness (QED) is 0.582. The standard InChI is InChI=1S/C23H25FN4O4/c1-12(2)14-9-19(22(30)31-3)26-17-5-4-13(8-15(14)17)21-16(24)10-25-23(28-21)27-18-6-7-32-11-20(18)29/h4-5,8-10,12,18,20,29H,6-7,11H2,1-3H3,(H,25,27,28)/t18-,20-/m1/s1. The van der Waals surface area contributed by atoms with Crippen LogP contribution in [0, 0.1) is 5.82 Å². The van der Waals surface area contributed by atoms with Crippen molar-refractivity contribution in [2.24, 2.45) is 0 Å². The van der Waals surface area contributed by atoms with Gasteiger partial charge >= 0.3 is 5.97 Å². The van der Waals surface area contributed by atoms with Gasteiger partial charge in [0.2, 0.25) is 5.95 Å². The fourth-order valence-electron chi connectivity index (χ4n) is 3.78. The molecule has 0 radical (unpaired) electrons. The number of hydrogen-bond acceptors (Lipinski definition) is 8. The second-order valence-corrected chi connectivity index (χ2v) is 8.05. The van der Waals surface area contributed by atoms with Crippen LogP contribution < -0.4 is 5.32 Å². The number of carbonyl (C=O) groups is 1. The van der Waals surface area contributed by atoms with Gasteiger partial charge in [0, 0.05) is 17.6 Å². The fourth-order valence-corrected chi connectivity index (χ4v) is 3.78. The van der Waals surface area contributed by atoms with E-state index in [9.17, 15) is 14.3 Å². The highest BCUT2D eigenvalue weighted by molar-refractivity contribution is 5.94. The molecule has 1 aliphatic heterocycles. The molecule has 1 aromatic carbocycles. The number of aromatic nitrogens is 3. The molecule has 0 bridgehead atoms. The Kier molecular flexibility index (Phi) is 6.29. The summed E-state index contributed by atoms with van der Waals surface area (Å²) in [6, 6.07) is 6.70. The van der Waals surface area contributed by atoms with E-state index in [0.717, 1.165) is 17.1 Å². The molecule has 32 heavy (non-hydrogen) atoms. The predicted molar refractivity (Wildman–Crippen MR) is 117 cm³/mol. The average Bonchev–Trinajstić information content (AvgIpc) is 2.80. The highest BCUT2D eigenvalue weighted by Gasteiger charge is 2.25. The number of nitrogens with one attached hydrogen (secondary N) is 1. The lowest BCUT2D eigenvalue weighted by Crippen LogP contribution is -2.42. The topological polar surface area (TPSA) is 106 Å². The zero-order valence-corrected chi connectivity index (χ0v) is 18.1. The molecule has 0 saturated carbocycles. The molecule has 1 saturated heterocycles. The molecule has 0 aliphatic carbocycles. The summed E-state index contributed by atoms with van der Waals surface area (Å²) in [6.45, 7) is 4.77. The summed E-state index contributed by atoms with van der Waals surface area (Å²) in [5, 5.41) is 14.0. The van der Waals surface area contributed by atoms with Crippen LogP contribution in [-0.2, 0) is 9.47 Å². The Balaban J connectivity index is 1.74. The van der Waals surface area contributed by atoms with Crippen molar-refractivity contribution in [1.82, 2.24) is 15.0 Å². The number of nitrogens with zero attached hydrogens (tertiary/aromatic N) is 3. The number of halogens is 1. The minimum absolute atomic E-state index is 0.0987. The smallest absolute Gasteiger partial charge is 0.356 e. The van der Waals surface area contributed by atoms with Crippen LogP contribution in [0.1, 0.15) is 42.2 Å². The molecule has 8 nitrogen and oxygen atoms in total. The first-order valence-corrected chi connectivity index (χ1v) is 10.5. The maximum absolute atomic E-state index is 14.7. The molecule has 3 heterocycles. The van der Waals surface area contributed by atoms with Gasteiger partial charge in [-0.2, -0.15) is 0 Å². The monoisotopic (exact) mass is 440 g/mol. The van der Waals surface area contributed by atoms with Crippen LogP contribution >= 0.6 is 0 Å². The molecule has 168 valence electrons. The number of methoxy groups -OCH3 is 1. The zero-order chi connectivity index (χ0) is 22.8. The van der Waals surface area contributed by atoms with E-state index in [1.807, 2.05) is 19.9 Å². The lowest BCUT2D eigenvalue weighted by molar-refractivity contribution is -0.0136. The SMILES string of the molecule is COC(=O)c1cc(C(C)C)c2cc(-c3nc(N[C@@H]4CCOC[C@H]4O)ncc3F)ccc2n1. The molecule has 0 spiro atoms. The summed E-state index contributed by atoms with van der Waals surface area (Å²) in [4.78, 5) is 24.8. The summed E-state index contributed by atoms with van der Waals surface area (Å²) in [5.41, 5.74) is 2.43. The van der Waals surface area contributed by atoms with Gasteiger partial charge in [0.1, 0.15) is 11.4 Å². The molecular formula is C23H25FN4O4. The molecule has 2 N–H and O–H groups in total. The number of benzene rings is 1. The lowest BCUT2D eigenvalue weighted by atomic mass is 9.96. The van der Waals surface area contributed by atoms with E-state index >= 15 is 0 Å². The number of ether oxygens (including phenoxy) is 2. The maximum atomic E-state index is 14.7. The van der Waals surface area contributed by atoms with Crippen molar-refractivity contribution in [2.45, 2.75) is 38.3 Å². The first-order valence-electron chi connectivity index (χ1n) is 10.5. The van der Waals surface area contributed by atoms with E-state index < -0.39 is 17.9 Å². The zero-order valence-electron chi connectivity index (χ0n) is 18.1. The van der Waals surface area contributed by atoms with E-state index in [4.69, 9.17) is 9.47 Å². The van der Waals surface area contributed by atoms with Crippen LogP contribution in [0.15, 0.2) is 30.5 Å². The van der Waals surface area contributed by atoms with Crippen molar-refractivity contribution >= 4 is 22.8 Å². The van der Waals surface area contributed by atoms with E-state index in [1.54, 1.807) is 18.2 Å². The van der Waals surface area contributed by atoms with Crippen molar-refractivity contribution in [3.05, 3.63) is 47.5 Å². The van der Waals surface area contributed by atoms with Gasteiger partial charge in [-0.15, -0.1) is 0 Å². The Morgan fingerprint density at radius 2 is 2.12 bits per heavy atom. The highest BCUT2D eigenvalue weighted by Crippen LogP contribution is 2.31. The van der Waals surface area contributed by atoms with Crippen LogP contribution in [0.2, 0.25) is 0 Å². The number of hydrogen-bond donors (Lipinski definition) is 2. The second kappa shape index (κ2) is 9.13. The largest absolute Gasteiger partial charge is 0.464 e. The Labute approximate surface area is 184 Å². The van der Waals surface area contributed by atoms with E-state index in [-0.39, 0.29) is 35.9 Å². The first-order chi connectivity index (χ1) is 15.4. The number of carbonyl (C=O) groups excluding carboxylic acids is 1. The minimum Gasteiger partial charge on any atom is -0.464 e. The number of anilines is 1. The Morgan fingerprint density at radius 1 is 1.31 bits per heavy atom. The third-order valence-corrected chi connectivity index (χ3v) is 5.52. The van der Waals surface area contributed by atoms with E-state index in [1.165, 1.54) is 7.11 Å². The number of rotatable bonds is 5. The third kappa shape index (κ3) is 4.39. The van der Waals surface area contributed by atoms with Gasteiger partial charge in [0.15, 0.2) is 5.82 Å². The van der Waals surface area contributed by atoms with Gasteiger partial charge in [0.05, 0.1) is 37.6 Å². The molecule has 4 rings (SSSR count). The summed E-state index contributed by atoms with van der Waals surface area (Å²) in [7, 11) is 1.31. The van der Waals surface area contributed by atoms with E-state index in [0.29, 0.717) is 24.1 Å². The average molecular weight is 440 g/mol. The summed E-state index contributed by atoms with van der Waals surface area (Å²) < 4.78 is 24.7. The maximum Gasteiger partial charge on any atom is 0.356 e. The third-order valence-electron chi connectivity index (χ3n) is 5.52. The number of aliphatic hydroxyl groups excluding tert-OH is 1. The number of esters is 1. The van der Waals surface area contributed by atoms with Crippen molar-refractivity contribution in [3.63, 3.8) is 0 Å². The molecule has 0 unspecified atom stereocenters. The molecule has 0 amide bonds. The van der Waals surface area contributed by atoms with Crippen LogP contribution in [0.25, 0.3) is 22.2 Å². The molecule has 9 heteroatoms. The molecular weight excluding hydrogens is 415 g/mol. The van der Waals surface area contributed by atoms with Crippen LogP contribution in [-0.4, -0.2) is 58.5 Å². The summed E-state index contributed by atoms with van der Waals surface area (Å²) in [5.74, 6) is -0.740. The van der Waals surface area contributed by atoms with E-state index in [2.05, 4.69) is 20.3 Å². The Bertz CT molecular complexity index is 1150. The fraction of sp³-hybridized carbons (Fsp3) is 0.391. The van der Waals surface area contributed by atoms with Gasteiger partial charge in [-0.05, 0) is 36.1 Å². The van der Waals surface area contributed by atoms with Gasteiger partial charge in [-0.25, -0.2) is 24.1 Å².